The number of hydrogen-bond acceptors (Lipinski definition) is 3. The summed E-state index contributed by atoms with van der Waals surface area (Å²) in [4.78, 5) is 29.9. The SMILES string of the molecule is Clc1ccc2cccnc2c1.Clc1ccc2cccnc2c1.O.O=P(O)(O)O. The molecule has 10 heteroatoms. The summed E-state index contributed by atoms with van der Waals surface area (Å²) in [5.41, 5.74) is 1.89. The van der Waals surface area contributed by atoms with Crippen LogP contribution in [0.3, 0.4) is 0 Å². The van der Waals surface area contributed by atoms with Gasteiger partial charge in [-0.25, -0.2) is 4.57 Å². The highest BCUT2D eigenvalue weighted by atomic mass is 35.5. The van der Waals surface area contributed by atoms with Crippen LogP contribution in [0.1, 0.15) is 0 Å². The van der Waals surface area contributed by atoms with E-state index in [-0.39, 0.29) is 5.48 Å². The third-order valence-electron chi connectivity index (χ3n) is 3.14. The molecule has 7 nitrogen and oxygen atoms in total. The second kappa shape index (κ2) is 11.0. The molecule has 0 fully saturated rings. The maximum atomic E-state index is 8.88. The van der Waals surface area contributed by atoms with Gasteiger partial charge in [0.05, 0.1) is 11.0 Å². The second-order valence-electron chi connectivity index (χ2n) is 5.19. The van der Waals surface area contributed by atoms with Gasteiger partial charge >= 0.3 is 7.82 Å². The van der Waals surface area contributed by atoms with Gasteiger partial charge in [-0.05, 0) is 36.4 Å². The van der Waals surface area contributed by atoms with Crippen molar-refractivity contribution in [1.29, 1.82) is 0 Å². The minimum Gasteiger partial charge on any atom is -0.412 e. The van der Waals surface area contributed by atoms with Gasteiger partial charge in [0, 0.05) is 33.2 Å². The summed E-state index contributed by atoms with van der Waals surface area (Å²) in [7, 11) is -4.64. The van der Waals surface area contributed by atoms with Gasteiger partial charge in [0.1, 0.15) is 0 Å². The van der Waals surface area contributed by atoms with Gasteiger partial charge < -0.3 is 20.2 Å². The molecule has 4 aromatic rings. The standard InChI is InChI=1S/2C9H6ClN.H3O4P.H2O/c2*10-8-4-3-7-2-1-5-11-9(7)6-8;1-5(2,3)4;/h2*1-6H;(H3,1,2,3,4);1H2. The number of aromatic nitrogens is 2. The molecule has 0 bridgehead atoms. The minimum atomic E-state index is -4.64. The highest BCUT2D eigenvalue weighted by Crippen LogP contribution is 2.25. The summed E-state index contributed by atoms with van der Waals surface area (Å²) in [6.45, 7) is 0. The molecule has 0 amide bonds. The number of nitrogens with zero attached hydrogens (tertiary/aromatic N) is 2. The van der Waals surface area contributed by atoms with Crippen LogP contribution in [-0.4, -0.2) is 30.1 Å². The molecule has 2 aromatic carbocycles. The molecule has 0 spiro atoms. The molecule has 5 N–H and O–H groups in total. The minimum absolute atomic E-state index is 0. The van der Waals surface area contributed by atoms with E-state index >= 15 is 0 Å². The predicted octanol–water partition coefficient (Wildman–Crippen LogP) is 4.02. The summed E-state index contributed by atoms with van der Waals surface area (Å²) < 4.78 is 8.88. The third kappa shape index (κ3) is 8.73. The Hall–Kier alpha value is -2.09. The fourth-order valence-electron chi connectivity index (χ4n) is 2.08. The molecule has 0 aliphatic heterocycles. The molecule has 0 unspecified atom stereocenters. The fourth-order valence-corrected chi connectivity index (χ4v) is 2.41. The van der Waals surface area contributed by atoms with Crippen LogP contribution < -0.4 is 0 Å². The number of phosphoric acid groups is 1. The largest absolute Gasteiger partial charge is 0.466 e. The zero-order chi connectivity index (χ0) is 19.9. The molecule has 2 heterocycles. The summed E-state index contributed by atoms with van der Waals surface area (Å²) >= 11 is 11.6. The first-order chi connectivity index (χ1) is 12.7. The van der Waals surface area contributed by atoms with E-state index in [1.165, 1.54) is 0 Å². The van der Waals surface area contributed by atoms with E-state index in [2.05, 4.69) is 9.97 Å². The summed E-state index contributed by atoms with van der Waals surface area (Å²) in [5.74, 6) is 0. The Kier molecular flexibility index (Phi) is 9.45. The quantitative estimate of drug-likeness (QED) is 0.352. The molecule has 0 aliphatic carbocycles. The Labute approximate surface area is 170 Å². The Morgan fingerprint density at radius 3 is 1.43 bits per heavy atom. The lowest BCUT2D eigenvalue weighted by Gasteiger charge is -1.94. The number of benzene rings is 2. The number of halogens is 2. The normalized spacial score (nSPS) is 10.2. The van der Waals surface area contributed by atoms with Crippen LogP contribution >= 0.6 is 31.0 Å². The molecule has 0 atom stereocenters. The molecule has 0 radical (unpaired) electrons. The average Bonchev–Trinajstić information content (AvgIpc) is 2.60. The Morgan fingerprint density at radius 2 is 1.07 bits per heavy atom. The summed E-state index contributed by atoms with van der Waals surface area (Å²) in [6.07, 6.45) is 3.53. The van der Waals surface area contributed by atoms with Crippen LogP contribution in [0.25, 0.3) is 21.8 Å². The van der Waals surface area contributed by atoms with Crippen LogP contribution in [0.2, 0.25) is 10.0 Å². The summed E-state index contributed by atoms with van der Waals surface area (Å²) in [6, 6.07) is 19.2. The molecule has 148 valence electrons. The van der Waals surface area contributed by atoms with Gasteiger partial charge in [-0.15, -0.1) is 0 Å². The van der Waals surface area contributed by atoms with Gasteiger partial charge in [0.15, 0.2) is 0 Å². The molecule has 2 aromatic heterocycles. The number of pyridine rings is 2. The van der Waals surface area contributed by atoms with Crippen LogP contribution in [0, 0.1) is 0 Å². The van der Waals surface area contributed by atoms with Gasteiger partial charge in [0.2, 0.25) is 0 Å². The van der Waals surface area contributed by atoms with E-state index in [0.717, 1.165) is 31.9 Å². The Morgan fingerprint density at radius 1 is 0.714 bits per heavy atom. The first-order valence-corrected chi connectivity index (χ1v) is 9.83. The maximum Gasteiger partial charge on any atom is 0.466 e. The van der Waals surface area contributed by atoms with Crippen LogP contribution in [0.4, 0.5) is 0 Å². The van der Waals surface area contributed by atoms with E-state index < -0.39 is 7.82 Å². The molecule has 0 aliphatic rings. The number of fused-ring (bicyclic) bond motifs is 2. The van der Waals surface area contributed by atoms with E-state index in [9.17, 15) is 0 Å². The van der Waals surface area contributed by atoms with Crippen molar-refractivity contribution in [2.24, 2.45) is 0 Å². The van der Waals surface area contributed by atoms with Crippen molar-refractivity contribution in [2.75, 3.05) is 0 Å². The lowest BCUT2D eigenvalue weighted by atomic mass is 10.2. The van der Waals surface area contributed by atoms with Crippen molar-refractivity contribution < 1.29 is 24.7 Å². The lowest BCUT2D eigenvalue weighted by molar-refractivity contribution is 0.275. The van der Waals surface area contributed by atoms with Crippen molar-refractivity contribution in [1.82, 2.24) is 9.97 Å². The Balaban J connectivity index is 0.000000222. The van der Waals surface area contributed by atoms with E-state index in [4.69, 9.17) is 42.4 Å². The zero-order valence-corrected chi connectivity index (χ0v) is 16.7. The zero-order valence-electron chi connectivity index (χ0n) is 14.3. The monoisotopic (exact) mass is 442 g/mol. The first-order valence-electron chi connectivity index (χ1n) is 7.51. The smallest absolute Gasteiger partial charge is 0.412 e. The van der Waals surface area contributed by atoms with Crippen molar-refractivity contribution in [2.45, 2.75) is 0 Å². The molecule has 4 rings (SSSR count). The first kappa shape index (κ1) is 23.9. The average molecular weight is 443 g/mol. The van der Waals surface area contributed by atoms with Gasteiger partial charge in [-0.1, -0.05) is 47.5 Å². The predicted molar refractivity (Wildman–Crippen MR) is 111 cm³/mol. The number of hydrogen-bond donors (Lipinski definition) is 3. The van der Waals surface area contributed by atoms with Crippen LogP contribution in [0.15, 0.2) is 73.1 Å². The highest BCUT2D eigenvalue weighted by molar-refractivity contribution is 7.45. The second-order valence-corrected chi connectivity index (χ2v) is 7.09. The maximum absolute atomic E-state index is 8.88. The van der Waals surface area contributed by atoms with Crippen LogP contribution in [0.5, 0.6) is 0 Å². The lowest BCUT2D eigenvalue weighted by Crippen LogP contribution is -1.75. The van der Waals surface area contributed by atoms with Crippen molar-refractivity contribution >= 4 is 52.8 Å². The molecular weight excluding hydrogens is 426 g/mol. The number of rotatable bonds is 0. The molecule has 0 saturated heterocycles. The van der Waals surface area contributed by atoms with Crippen molar-refractivity contribution in [3.63, 3.8) is 0 Å². The van der Waals surface area contributed by atoms with E-state index in [1.807, 2.05) is 60.7 Å². The molecule has 0 saturated carbocycles. The fraction of sp³-hybridized carbons (Fsp3) is 0. The third-order valence-corrected chi connectivity index (χ3v) is 3.61. The van der Waals surface area contributed by atoms with Gasteiger partial charge in [0.25, 0.3) is 0 Å². The highest BCUT2D eigenvalue weighted by Gasteiger charge is 2.00. The van der Waals surface area contributed by atoms with Gasteiger partial charge in [-0.3, -0.25) is 9.97 Å². The Bertz CT molecular complexity index is 1010. The van der Waals surface area contributed by atoms with Crippen LogP contribution in [-0.2, 0) is 4.57 Å². The van der Waals surface area contributed by atoms with E-state index in [0.29, 0.717) is 0 Å². The van der Waals surface area contributed by atoms with Gasteiger partial charge in [-0.2, -0.15) is 0 Å². The molecular formula is C18H17Cl2N2O5P. The summed E-state index contributed by atoms with van der Waals surface area (Å²) in [5, 5.41) is 3.71. The molecule has 28 heavy (non-hydrogen) atoms. The van der Waals surface area contributed by atoms with E-state index in [1.54, 1.807) is 12.4 Å². The topological polar surface area (TPSA) is 135 Å². The van der Waals surface area contributed by atoms with Crippen molar-refractivity contribution in [3.8, 4) is 0 Å². The van der Waals surface area contributed by atoms with Crippen molar-refractivity contribution in [3.05, 3.63) is 83.1 Å².